The Morgan fingerprint density at radius 2 is 0.671 bits per heavy atom. The van der Waals surface area contributed by atoms with Crippen LogP contribution >= 0.6 is 0 Å². The average Bonchev–Trinajstić information content (AvgIpc) is 4.23. The molecule has 3 aromatic heterocycles. The highest BCUT2D eigenvalue weighted by molar-refractivity contribution is 7.04. The Labute approximate surface area is 420 Å². The first-order valence-electron chi connectivity index (χ1n) is 25.5. The summed E-state index contributed by atoms with van der Waals surface area (Å²) in [4.78, 5) is 4.85. The van der Waals surface area contributed by atoms with Gasteiger partial charge < -0.3 is 23.5 Å². The van der Waals surface area contributed by atoms with Crippen LogP contribution in [-0.2, 0) is 0 Å². The Bertz CT molecular complexity index is 4670. The topological polar surface area (TPSA) is 21.3 Å². The van der Waals surface area contributed by atoms with Crippen LogP contribution in [0.3, 0.4) is 0 Å². The number of anilines is 6. The molecule has 4 aliphatic heterocycles. The summed E-state index contributed by atoms with van der Waals surface area (Å²) >= 11 is 0. The largest absolute Gasteiger partial charge is 0.311 e. The van der Waals surface area contributed by atoms with Gasteiger partial charge in [-0.15, -0.1) is 0 Å². The van der Waals surface area contributed by atoms with E-state index in [4.69, 9.17) is 0 Å². The van der Waals surface area contributed by atoms with Crippen LogP contribution in [-0.4, -0.2) is 27.1 Å². The predicted octanol–water partition coefficient (Wildman–Crippen LogP) is 12.2. The van der Waals surface area contributed by atoms with E-state index in [-0.39, 0.29) is 13.4 Å². The lowest BCUT2D eigenvalue weighted by molar-refractivity contribution is 1.11. The number of para-hydroxylation sites is 8. The quantitative estimate of drug-likeness (QED) is 0.155. The molecule has 0 bridgehead atoms. The van der Waals surface area contributed by atoms with Gasteiger partial charge in [-0.05, 0) is 124 Å². The lowest BCUT2D eigenvalue weighted by Crippen LogP contribution is -2.66. The summed E-state index contributed by atoms with van der Waals surface area (Å²) in [5.74, 6) is 0. The highest BCUT2D eigenvalue weighted by Crippen LogP contribution is 2.47. The first-order chi connectivity index (χ1) is 36.3. The van der Waals surface area contributed by atoms with E-state index in [9.17, 15) is 0 Å². The number of benzene rings is 11. The molecule has 0 saturated carbocycles. The molecule has 0 fully saturated rings. The van der Waals surface area contributed by atoms with Gasteiger partial charge in [-0.1, -0.05) is 146 Å². The van der Waals surface area contributed by atoms with Gasteiger partial charge in [0.05, 0.1) is 11.0 Å². The van der Waals surface area contributed by atoms with Crippen molar-refractivity contribution in [3.63, 3.8) is 0 Å². The fourth-order valence-electron chi connectivity index (χ4n) is 14.3. The van der Waals surface area contributed by atoms with Gasteiger partial charge >= 0.3 is 0 Å². The molecule has 14 aromatic rings. The summed E-state index contributed by atoms with van der Waals surface area (Å²) in [5.41, 5.74) is 26.5. The zero-order valence-electron chi connectivity index (χ0n) is 39.4. The van der Waals surface area contributed by atoms with E-state index in [2.05, 4.69) is 260 Å². The fraction of sp³-hybridized carbons (Fsp3) is 0. The highest BCUT2D eigenvalue weighted by Gasteiger charge is 2.49. The van der Waals surface area contributed by atoms with Crippen LogP contribution < -0.4 is 42.6 Å². The molecule has 73 heavy (non-hydrogen) atoms. The molecule has 0 aliphatic carbocycles. The van der Waals surface area contributed by atoms with Gasteiger partial charge in [0.1, 0.15) is 0 Å². The van der Waals surface area contributed by atoms with Crippen molar-refractivity contribution < 1.29 is 0 Å². The van der Waals surface area contributed by atoms with Crippen molar-refractivity contribution in [2.75, 3.05) is 9.80 Å². The van der Waals surface area contributed by atoms with E-state index in [0.717, 1.165) is 34.1 Å². The second-order valence-corrected chi connectivity index (χ2v) is 20.4. The van der Waals surface area contributed by atoms with Crippen LogP contribution in [0.4, 0.5) is 34.1 Å². The number of rotatable bonds is 6. The van der Waals surface area contributed by atoms with Crippen LogP contribution in [0, 0.1) is 0 Å². The minimum absolute atomic E-state index is 0.0473. The maximum absolute atomic E-state index is 2.71. The second kappa shape index (κ2) is 13.7. The van der Waals surface area contributed by atoms with Crippen molar-refractivity contribution in [3.05, 3.63) is 237 Å². The highest BCUT2D eigenvalue weighted by atomic mass is 15.2. The molecule has 334 valence electrons. The van der Waals surface area contributed by atoms with E-state index < -0.39 is 0 Å². The van der Waals surface area contributed by atoms with Gasteiger partial charge in [-0.3, -0.25) is 0 Å². The van der Waals surface area contributed by atoms with Gasteiger partial charge in [-0.2, -0.15) is 0 Å². The monoisotopic (exact) mass is 923 g/mol. The van der Waals surface area contributed by atoms with Crippen LogP contribution in [0.1, 0.15) is 0 Å². The molecular formula is C66H39B2N5. The summed E-state index contributed by atoms with van der Waals surface area (Å²) in [5, 5.41) is 7.70. The SMILES string of the molecule is c1ccc(N(c2ccccc2)c2ccc3c(c2)c2cc(N(c4ccccc4)c4ccccc4)cc4c2n3-c2cc3c5c6c2B4c2cccc4c7cccc(c7n-6c24)B5c2cccc4c5ccccc5n-3c24)cc1. The normalized spacial score (nSPS) is 13.2. The molecule has 0 spiro atoms. The van der Waals surface area contributed by atoms with Crippen molar-refractivity contribution in [1.82, 2.24) is 13.7 Å². The van der Waals surface area contributed by atoms with Crippen LogP contribution in [0.5, 0.6) is 0 Å². The number of aromatic nitrogens is 3. The van der Waals surface area contributed by atoms with Gasteiger partial charge in [-0.25, -0.2) is 0 Å². The summed E-state index contributed by atoms with van der Waals surface area (Å²) in [7, 11) is 0. The lowest BCUT2D eigenvalue weighted by atomic mass is 9.30. The lowest BCUT2D eigenvalue weighted by Gasteiger charge is -2.41. The van der Waals surface area contributed by atoms with E-state index in [1.54, 1.807) is 0 Å². The molecule has 7 heterocycles. The average molecular weight is 924 g/mol. The predicted molar refractivity (Wildman–Crippen MR) is 308 cm³/mol. The minimum atomic E-state index is -0.0473. The van der Waals surface area contributed by atoms with Gasteiger partial charge in [0.25, 0.3) is 13.4 Å². The van der Waals surface area contributed by atoms with Crippen molar-refractivity contribution in [2.45, 2.75) is 0 Å². The van der Waals surface area contributed by atoms with Crippen molar-refractivity contribution in [3.8, 4) is 17.1 Å². The third-order valence-corrected chi connectivity index (χ3v) is 16.9. The molecule has 18 rings (SSSR count). The summed E-state index contributed by atoms with van der Waals surface area (Å²) in [6, 6.07) is 88.6. The minimum Gasteiger partial charge on any atom is -0.311 e. The van der Waals surface area contributed by atoms with Crippen LogP contribution in [0.2, 0.25) is 0 Å². The third kappa shape index (κ3) is 4.71. The molecule has 4 aliphatic rings. The first kappa shape index (κ1) is 38.3. The molecule has 0 N–H and O–H groups in total. The maximum atomic E-state index is 2.71. The van der Waals surface area contributed by atoms with Crippen LogP contribution in [0.25, 0.3) is 82.5 Å². The molecule has 0 atom stereocenters. The number of fused-ring (bicyclic) bond motifs is 13. The zero-order valence-corrected chi connectivity index (χ0v) is 39.4. The third-order valence-electron chi connectivity index (χ3n) is 16.9. The van der Waals surface area contributed by atoms with Gasteiger partial charge in [0, 0.05) is 106 Å². The van der Waals surface area contributed by atoms with Crippen molar-refractivity contribution in [2.24, 2.45) is 0 Å². The van der Waals surface area contributed by atoms with E-state index in [0.29, 0.717) is 0 Å². The Balaban J connectivity index is 1.04. The summed E-state index contributed by atoms with van der Waals surface area (Å²) < 4.78 is 7.99. The molecule has 5 nitrogen and oxygen atoms in total. The fourth-order valence-corrected chi connectivity index (χ4v) is 14.3. The second-order valence-electron chi connectivity index (χ2n) is 20.4. The molecule has 0 saturated heterocycles. The van der Waals surface area contributed by atoms with E-state index >= 15 is 0 Å². The molecule has 0 unspecified atom stereocenters. The molecule has 0 amide bonds. The Kier molecular flexibility index (Phi) is 7.19. The molecule has 11 aromatic carbocycles. The van der Waals surface area contributed by atoms with Gasteiger partial charge in [0.15, 0.2) is 0 Å². The van der Waals surface area contributed by atoms with Crippen LogP contribution in [0.15, 0.2) is 237 Å². The zero-order chi connectivity index (χ0) is 47.2. The standard InChI is InChI=1S/C66H39B2N5/c1-5-18-40(19-6-1)69(41-20-7-2-8-21-41)44-34-35-57-50(36-44)51-37-45(70(42-22-9-3-10-23-42)43-24-11-4-12-25-43)38-55-65(51)72(57)59-39-58-60-66-61(59)68(55)54-32-17-29-49-48-28-16-31-53(63(48)73(66)64(49)54)67(60)52-30-15-27-47-46-26-13-14-33-56(46)71(58)62(47)52/h1-39H. The Hall–Kier alpha value is -9.45. The molecular weight excluding hydrogens is 884 g/mol. The molecule has 7 heteroatoms. The Morgan fingerprint density at radius 1 is 0.260 bits per heavy atom. The smallest absolute Gasteiger partial charge is 0.252 e. The number of hydrogen-bond donors (Lipinski definition) is 0. The van der Waals surface area contributed by atoms with E-state index in [1.807, 2.05) is 0 Å². The van der Waals surface area contributed by atoms with Crippen molar-refractivity contribution >= 4 is 146 Å². The van der Waals surface area contributed by atoms with Gasteiger partial charge in [0.2, 0.25) is 0 Å². The first-order valence-corrected chi connectivity index (χ1v) is 25.5. The van der Waals surface area contributed by atoms with E-state index in [1.165, 1.54) is 115 Å². The number of nitrogens with zero attached hydrogens (tertiary/aromatic N) is 5. The Morgan fingerprint density at radius 3 is 1.22 bits per heavy atom. The molecule has 0 radical (unpaired) electrons. The number of hydrogen-bond acceptors (Lipinski definition) is 2. The maximum Gasteiger partial charge on any atom is 0.252 e. The summed E-state index contributed by atoms with van der Waals surface area (Å²) in [6.07, 6.45) is 0. The van der Waals surface area contributed by atoms with Crippen molar-refractivity contribution in [1.29, 1.82) is 0 Å². The summed E-state index contributed by atoms with van der Waals surface area (Å²) in [6.45, 7) is 0.0118.